The minimum absolute atomic E-state index is 0.153. The molecule has 0 saturated carbocycles. The normalized spacial score (nSPS) is 10.4. The lowest BCUT2D eigenvalue weighted by Crippen LogP contribution is -2.20. The van der Waals surface area contributed by atoms with Crippen LogP contribution >= 0.6 is 11.6 Å². The summed E-state index contributed by atoms with van der Waals surface area (Å²) in [4.78, 5) is 24.6. The Kier molecular flexibility index (Phi) is 6.75. The van der Waals surface area contributed by atoms with Crippen LogP contribution in [0.4, 0.5) is 11.4 Å². The number of hydrogen-bond donors (Lipinski definition) is 2. The number of ether oxygens (including phenoxy) is 1. The van der Waals surface area contributed by atoms with E-state index in [1.54, 1.807) is 42.5 Å². The first kappa shape index (κ1) is 21.4. The molecule has 30 heavy (non-hydrogen) atoms. The Morgan fingerprint density at radius 2 is 1.63 bits per heavy atom. The molecule has 6 heteroatoms. The van der Waals surface area contributed by atoms with Gasteiger partial charge in [0.05, 0.1) is 0 Å². The van der Waals surface area contributed by atoms with Gasteiger partial charge in [0.1, 0.15) is 5.75 Å². The summed E-state index contributed by atoms with van der Waals surface area (Å²) in [6.07, 6.45) is 0. The van der Waals surface area contributed by atoms with E-state index in [-0.39, 0.29) is 18.4 Å². The quantitative estimate of drug-likeness (QED) is 0.548. The molecule has 0 bridgehead atoms. The van der Waals surface area contributed by atoms with Crippen LogP contribution in [0.15, 0.2) is 60.7 Å². The standard InChI is InChI=1S/C24H23ClN2O3/c1-15-7-12-21(16(2)13-15)27-24(29)18-8-10-19(11-9-18)30-14-23(28)26-22-6-4-5-20(25)17(22)3/h4-13H,14H2,1-3H3,(H,26,28)(H,27,29). The molecule has 0 heterocycles. The van der Waals surface area contributed by atoms with Crippen molar-refractivity contribution in [3.05, 3.63) is 87.9 Å². The Labute approximate surface area is 181 Å². The monoisotopic (exact) mass is 422 g/mol. The molecule has 154 valence electrons. The summed E-state index contributed by atoms with van der Waals surface area (Å²) < 4.78 is 5.52. The van der Waals surface area contributed by atoms with Crippen molar-refractivity contribution in [1.82, 2.24) is 0 Å². The molecule has 0 aliphatic heterocycles. The van der Waals surface area contributed by atoms with Crippen LogP contribution in [-0.2, 0) is 4.79 Å². The first-order chi connectivity index (χ1) is 14.3. The first-order valence-electron chi connectivity index (χ1n) is 9.50. The number of aryl methyl sites for hydroxylation is 2. The van der Waals surface area contributed by atoms with Crippen LogP contribution in [0, 0.1) is 20.8 Å². The van der Waals surface area contributed by atoms with Crippen molar-refractivity contribution in [2.75, 3.05) is 17.2 Å². The lowest BCUT2D eigenvalue weighted by molar-refractivity contribution is -0.118. The van der Waals surface area contributed by atoms with Gasteiger partial charge in [0.15, 0.2) is 6.61 Å². The third-order valence-electron chi connectivity index (χ3n) is 4.66. The van der Waals surface area contributed by atoms with Gasteiger partial charge in [0, 0.05) is 22.0 Å². The van der Waals surface area contributed by atoms with Gasteiger partial charge in [-0.3, -0.25) is 9.59 Å². The van der Waals surface area contributed by atoms with Gasteiger partial charge in [0.2, 0.25) is 0 Å². The van der Waals surface area contributed by atoms with E-state index in [1.165, 1.54) is 0 Å². The van der Waals surface area contributed by atoms with Crippen LogP contribution in [0.5, 0.6) is 5.75 Å². The maximum atomic E-state index is 12.5. The SMILES string of the molecule is Cc1ccc(NC(=O)c2ccc(OCC(=O)Nc3cccc(Cl)c3C)cc2)c(C)c1. The second kappa shape index (κ2) is 9.46. The van der Waals surface area contributed by atoms with Gasteiger partial charge in [-0.1, -0.05) is 35.4 Å². The Morgan fingerprint density at radius 1 is 0.900 bits per heavy atom. The van der Waals surface area contributed by atoms with Crippen molar-refractivity contribution in [3.63, 3.8) is 0 Å². The van der Waals surface area contributed by atoms with Crippen LogP contribution in [0.25, 0.3) is 0 Å². The number of nitrogens with one attached hydrogen (secondary N) is 2. The highest BCUT2D eigenvalue weighted by molar-refractivity contribution is 6.31. The number of hydrogen-bond acceptors (Lipinski definition) is 3. The predicted octanol–water partition coefficient (Wildman–Crippen LogP) is 5.54. The number of anilines is 2. The van der Waals surface area contributed by atoms with Crippen LogP contribution in [0.1, 0.15) is 27.0 Å². The van der Waals surface area contributed by atoms with Gasteiger partial charge < -0.3 is 15.4 Å². The average Bonchev–Trinajstić information content (AvgIpc) is 2.72. The summed E-state index contributed by atoms with van der Waals surface area (Å²) in [5, 5.41) is 6.27. The van der Waals surface area contributed by atoms with E-state index >= 15 is 0 Å². The topological polar surface area (TPSA) is 67.4 Å². The summed E-state index contributed by atoms with van der Waals surface area (Å²) in [5.74, 6) is -0.00394. The van der Waals surface area contributed by atoms with E-state index in [0.717, 1.165) is 22.4 Å². The van der Waals surface area contributed by atoms with Gasteiger partial charge >= 0.3 is 0 Å². The Bertz CT molecular complexity index is 1080. The highest BCUT2D eigenvalue weighted by atomic mass is 35.5. The van der Waals surface area contributed by atoms with Crippen molar-refractivity contribution in [3.8, 4) is 5.75 Å². The predicted molar refractivity (Wildman–Crippen MR) is 121 cm³/mol. The van der Waals surface area contributed by atoms with Gasteiger partial charge in [0.25, 0.3) is 11.8 Å². The molecule has 5 nitrogen and oxygen atoms in total. The zero-order valence-electron chi connectivity index (χ0n) is 17.1. The van der Waals surface area contributed by atoms with Crippen molar-refractivity contribution < 1.29 is 14.3 Å². The molecule has 3 aromatic rings. The molecule has 0 atom stereocenters. The van der Waals surface area contributed by atoms with Gasteiger partial charge in [-0.25, -0.2) is 0 Å². The maximum absolute atomic E-state index is 12.5. The number of halogens is 1. The minimum atomic E-state index is -0.294. The number of amides is 2. The van der Waals surface area contributed by atoms with Crippen LogP contribution in [-0.4, -0.2) is 18.4 Å². The summed E-state index contributed by atoms with van der Waals surface area (Å²) in [6.45, 7) is 5.64. The molecule has 0 aliphatic carbocycles. The molecule has 3 rings (SSSR count). The van der Waals surface area contributed by atoms with E-state index in [0.29, 0.717) is 22.0 Å². The van der Waals surface area contributed by atoms with Crippen molar-refractivity contribution in [2.45, 2.75) is 20.8 Å². The largest absolute Gasteiger partial charge is 0.484 e. The van der Waals surface area contributed by atoms with E-state index < -0.39 is 0 Å². The molecule has 0 aliphatic rings. The summed E-state index contributed by atoms with van der Waals surface area (Å²) in [7, 11) is 0. The molecule has 0 fully saturated rings. The number of carbonyl (C=O) groups excluding carboxylic acids is 2. The van der Waals surface area contributed by atoms with Gasteiger partial charge in [-0.05, 0) is 74.4 Å². The lowest BCUT2D eigenvalue weighted by Gasteiger charge is -2.11. The molecule has 0 aromatic heterocycles. The maximum Gasteiger partial charge on any atom is 0.262 e. The van der Waals surface area contributed by atoms with E-state index in [9.17, 15) is 9.59 Å². The van der Waals surface area contributed by atoms with Crippen molar-refractivity contribution in [2.24, 2.45) is 0 Å². The average molecular weight is 423 g/mol. The summed E-state index contributed by atoms with van der Waals surface area (Å²) >= 11 is 6.06. The zero-order valence-corrected chi connectivity index (χ0v) is 17.8. The first-order valence-corrected chi connectivity index (χ1v) is 9.87. The number of benzene rings is 3. The van der Waals surface area contributed by atoms with E-state index in [1.807, 2.05) is 39.0 Å². The van der Waals surface area contributed by atoms with E-state index in [4.69, 9.17) is 16.3 Å². The van der Waals surface area contributed by atoms with E-state index in [2.05, 4.69) is 10.6 Å². The second-order valence-corrected chi connectivity index (χ2v) is 7.45. The summed E-state index contributed by atoms with van der Waals surface area (Å²) in [5.41, 5.74) is 4.87. The molecule has 2 N–H and O–H groups in total. The fourth-order valence-corrected chi connectivity index (χ4v) is 3.10. The highest BCUT2D eigenvalue weighted by Crippen LogP contribution is 2.23. The molecule has 2 amide bonds. The molecular weight excluding hydrogens is 400 g/mol. The minimum Gasteiger partial charge on any atom is -0.484 e. The fourth-order valence-electron chi connectivity index (χ4n) is 2.93. The van der Waals surface area contributed by atoms with Crippen LogP contribution in [0.3, 0.4) is 0 Å². The van der Waals surface area contributed by atoms with Gasteiger partial charge in [-0.2, -0.15) is 0 Å². The number of carbonyl (C=O) groups is 2. The Balaban J connectivity index is 1.55. The van der Waals surface area contributed by atoms with Gasteiger partial charge in [-0.15, -0.1) is 0 Å². The Morgan fingerprint density at radius 3 is 2.33 bits per heavy atom. The zero-order chi connectivity index (χ0) is 21.7. The van der Waals surface area contributed by atoms with Crippen LogP contribution < -0.4 is 15.4 Å². The highest BCUT2D eigenvalue weighted by Gasteiger charge is 2.10. The second-order valence-electron chi connectivity index (χ2n) is 7.05. The van der Waals surface area contributed by atoms with Crippen molar-refractivity contribution in [1.29, 1.82) is 0 Å². The van der Waals surface area contributed by atoms with Crippen molar-refractivity contribution >= 4 is 34.8 Å². The molecule has 3 aromatic carbocycles. The molecule has 0 spiro atoms. The summed E-state index contributed by atoms with van der Waals surface area (Å²) in [6, 6.07) is 17.8. The molecular formula is C24H23ClN2O3. The third kappa shape index (κ3) is 5.39. The smallest absolute Gasteiger partial charge is 0.262 e. The molecule has 0 unspecified atom stereocenters. The van der Waals surface area contributed by atoms with Crippen LogP contribution in [0.2, 0.25) is 5.02 Å². The molecule has 0 saturated heterocycles. The lowest BCUT2D eigenvalue weighted by atomic mass is 10.1. The fraction of sp³-hybridized carbons (Fsp3) is 0.167. The Hall–Kier alpha value is -3.31. The third-order valence-corrected chi connectivity index (χ3v) is 5.07. The molecule has 0 radical (unpaired) electrons. The number of rotatable bonds is 6.